The molecule has 1 saturated heterocycles. The monoisotopic (exact) mass is 281 g/mol. The Morgan fingerprint density at radius 3 is 2.84 bits per heavy atom. The van der Waals surface area contributed by atoms with Crippen molar-refractivity contribution in [2.75, 3.05) is 26.2 Å². The second-order valence-corrected chi connectivity index (χ2v) is 5.76. The number of likely N-dealkylation sites (N-methyl/N-ethyl adjacent to an activating group) is 1. The zero-order chi connectivity index (χ0) is 14.0. The van der Waals surface area contributed by atoms with E-state index in [1.165, 1.54) is 0 Å². The first kappa shape index (κ1) is 14.6. The predicted molar refractivity (Wildman–Crippen MR) is 79.1 cm³/mol. The molecule has 0 aliphatic carbocycles. The highest BCUT2D eigenvalue weighted by Gasteiger charge is 2.23. The maximum atomic E-state index is 5.82. The molecule has 5 heteroatoms. The first-order valence-electron chi connectivity index (χ1n) is 6.97. The Bertz CT molecular complexity index is 498. The summed E-state index contributed by atoms with van der Waals surface area (Å²) >= 11 is 5.43. The molecular formula is C14H23N3OS. The van der Waals surface area contributed by atoms with Crippen LogP contribution in [0.4, 0.5) is 0 Å². The van der Waals surface area contributed by atoms with Crippen molar-refractivity contribution in [2.24, 2.45) is 0 Å². The molecule has 4 nitrogen and oxygen atoms in total. The van der Waals surface area contributed by atoms with E-state index in [0.717, 1.165) is 43.3 Å². The fourth-order valence-electron chi connectivity index (χ4n) is 2.61. The van der Waals surface area contributed by atoms with E-state index in [1.807, 2.05) is 0 Å². The summed E-state index contributed by atoms with van der Waals surface area (Å²) in [6.45, 7) is 12.2. The highest BCUT2D eigenvalue weighted by atomic mass is 32.1. The summed E-state index contributed by atoms with van der Waals surface area (Å²) in [5, 5.41) is 0. The summed E-state index contributed by atoms with van der Waals surface area (Å²) in [4.78, 5) is 10.3. The summed E-state index contributed by atoms with van der Waals surface area (Å²) in [6, 6.07) is 0. The van der Waals surface area contributed by atoms with Crippen LogP contribution < -0.4 is 0 Å². The number of aryl methyl sites for hydroxylation is 1. The Kier molecular flexibility index (Phi) is 4.71. The fraction of sp³-hybridized carbons (Fsp3) is 0.714. The Labute approximate surface area is 120 Å². The average Bonchev–Trinajstić information content (AvgIpc) is 2.37. The predicted octanol–water partition coefficient (Wildman–Crippen LogP) is 2.96. The molecule has 19 heavy (non-hydrogen) atoms. The standard InChI is InChI=1S/C14H23N3OS/c1-5-17-6-7-18-11(8-17)13-15-10(4)12(9(2)3)14(19)16-13/h9,11H,5-8H2,1-4H3,(H,15,16,19). The molecule has 1 N–H and O–H groups in total. The molecular weight excluding hydrogens is 258 g/mol. The van der Waals surface area contributed by atoms with Gasteiger partial charge < -0.3 is 9.72 Å². The average molecular weight is 281 g/mol. The molecule has 2 heterocycles. The van der Waals surface area contributed by atoms with Gasteiger partial charge in [0.05, 0.1) is 6.61 Å². The Hall–Kier alpha value is -0.780. The third-order valence-electron chi connectivity index (χ3n) is 3.65. The second kappa shape index (κ2) is 6.11. The van der Waals surface area contributed by atoms with Crippen LogP contribution in [0.15, 0.2) is 0 Å². The topological polar surface area (TPSA) is 41.1 Å². The van der Waals surface area contributed by atoms with Crippen LogP contribution >= 0.6 is 12.2 Å². The van der Waals surface area contributed by atoms with Crippen molar-refractivity contribution in [1.82, 2.24) is 14.9 Å². The van der Waals surface area contributed by atoms with Crippen molar-refractivity contribution in [2.45, 2.75) is 39.7 Å². The van der Waals surface area contributed by atoms with Crippen LogP contribution in [0, 0.1) is 11.6 Å². The lowest BCUT2D eigenvalue weighted by Crippen LogP contribution is -2.38. The molecule has 0 spiro atoms. The molecule has 0 radical (unpaired) electrons. The van der Waals surface area contributed by atoms with Crippen molar-refractivity contribution in [3.63, 3.8) is 0 Å². The molecule has 1 aliphatic rings. The van der Waals surface area contributed by atoms with E-state index in [2.05, 4.69) is 42.6 Å². The molecule has 1 aliphatic heterocycles. The number of morpholine rings is 1. The molecule has 0 aromatic carbocycles. The zero-order valence-corrected chi connectivity index (χ0v) is 13.0. The molecule has 0 saturated carbocycles. The first-order chi connectivity index (χ1) is 9.02. The van der Waals surface area contributed by atoms with Gasteiger partial charge in [-0.15, -0.1) is 0 Å². The number of hydrogen-bond donors (Lipinski definition) is 1. The third kappa shape index (κ3) is 3.22. The highest BCUT2D eigenvalue weighted by Crippen LogP contribution is 2.23. The van der Waals surface area contributed by atoms with Gasteiger partial charge in [0.25, 0.3) is 0 Å². The Morgan fingerprint density at radius 2 is 2.26 bits per heavy atom. The molecule has 2 rings (SSSR count). The highest BCUT2D eigenvalue weighted by molar-refractivity contribution is 7.71. The quantitative estimate of drug-likeness (QED) is 0.865. The van der Waals surface area contributed by atoms with E-state index in [1.54, 1.807) is 0 Å². The lowest BCUT2D eigenvalue weighted by molar-refractivity contribution is -0.0327. The number of nitrogens with one attached hydrogen (secondary N) is 1. The van der Waals surface area contributed by atoms with Gasteiger partial charge >= 0.3 is 0 Å². The van der Waals surface area contributed by atoms with Crippen LogP contribution in [0.25, 0.3) is 0 Å². The number of hydrogen-bond acceptors (Lipinski definition) is 4. The number of rotatable bonds is 3. The SMILES string of the molecule is CCN1CCOC(c2nc(=S)c(C(C)C)c(C)[nH]2)C1. The van der Waals surface area contributed by atoms with E-state index in [-0.39, 0.29) is 6.10 Å². The summed E-state index contributed by atoms with van der Waals surface area (Å²) in [5.41, 5.74) is 2.25. The largest absolute Gasteiger partial charge is 0.368 e. The van der Waals surface area contributed by atoms with E-state index >= 15 is 0 Å². The second-order valence-electron chi connectivity index (χ2n) is 5.37. The summed E-state index contributed by atoms with van der Waals surface area (Å²) in [6.07, 6.45) is 0.00955. The summed E-state index contributed by atoms with van der Waals surface area (Å²) in [7, 11) is 0. The minimum Gasteiger partial charge on any atom is -0.368 e. The normalized spacial score (nSPS) is 21.0. The maximum Gasteiger partial charge on any atom is 0.138 e. The van der Waals surface area contributed by atoms with Gasteiger partial charge in [0.2, 0.25) is 0 Å². The van der Waals surface area contributed by atoms with Crippen LogP contribution in [0.3, 0.4) is 0 Å². The first-order valence-corrected chi connectivity index (χ1v) is 7.38. The lowest BCUT2D eigenvalue weighted by atomic mass is 10.0. The van der Waals surface area contributed by atoms with Crippen molar-refractivity contribution in [1.29, 1.82) is 0 Å². The molecule has 0 bridgehead atoms. The van der Waals surface area contributed by atoms with Crippen LogP contribution in [-0.4, -0.2) is 41.1 Å². The van der Waals surface area contributed by atoms with E-state index in [0.29, 0.717) is 10.6 Å². The summed E-state index contributed by atoms with van der Waals surface area (Å²) in [5.74, 6) is 1.26. The molecule has 106 valence electrons. The molecule has 0 amide bonds. The number of H-pyrrole nitrogens is 1. The number of ether oxygens (including phenoxy) is 1. The number of aromatic nitrogens is 2. The van der Waals surface area contributed by atoms with Crippen LogP contribution in [0.2, 0.25) is 0 Å². The van der Waals surface area contributed by atoms with Crippen LogP contribution in [0.1, 0.15) is 49.9 Å². The molecule has 1 fully saturated rings. The molecule has 1 aromatic rings. The van der Waals surface area contributed by atoms with Gasteiger partial charge in [-0.3, -0.25) is 4.90 Å². The minimum absolute atomic E-state index is 0.00955. The fourth-order valence-corrected chi connectivity index (χ4v) is 3.09. The number of nitrogens with zero attached hydrogens (tertiary/aromatic N) is 2. The number of aromatic amines is 1. The lowest BCUT2D eigenvalue weighted by Gasteiger charge is -2.31. The van der Waals surface area contributed by atoms with Crippen molar-refractivity contribution in [3.8, 4) is 0 Å². The van der Waals surface area contributed by atoms with Gasteiger partial charge in [0.1, 0.15) is 16.6 Å². The van der Waals surface area contributed by atoms with Gasteiger partial charge in [-0.05, 0) is 19.4 Å². The molecule has 1 atom stereocenters. The molecule has 1 unspecified atom stereocenters. The minimum atomic E-state index is 0.00955. The van der Waals surface area contributed by atoms with Crippen molar-refractivity contribution < 1.29 is 4.74 Å². The van der Waals surface area contributed by atoms with Gasteiger partial charge in [0, 0.05) is 24.3 Å². The van der Waals surface area contributed by atoms with Crippen molar-refractivity contribution in [3.05, 3.63) is 21.7 Å². The maximum absolute atomic E-state index is 5.82. The van der Waals surface area contributed by atoms with Gasteiger partial charge in [-0.25, -0.2) is 4.98 Å². The van der Waals surface area contributed by atoms with Crippen LogP contribution in [-0.2, 0) is 4.74 Å². The summed E-state index contributed by atoms with van der Waals surface area (Å²) < 4.78 is 6.53. The molecule has 1 aromatic heterocycles. The smallest absolute Gasteiger partial charge is 0.138 e. The van der Waals surface area contributed by atoms with Gasteiger partial charge in [-0.2, -0.15) is 0 Å². The van der Waals surface area contributed by atoms with Crippen molar-refractivity contribution >= 4 is 12.2 Å². The zero-order valence-electron chi connectivity index (χ0n) is 12.2. The third-order valence-corrected chi connectivity index (χ3v) is 3.96. The van der Waals surface area contributed by atoms with Crippen LogP contribution in [0.5, 0.6) is 0 Å². The van der Waals surface area contributed by atoms with E-state index in [4.69, 9.17) is 17.0 Å². The van der Waals surface area contributed by atoms with E-state index in [9.17, 15) is 0 Å². The van der Waals surface area contributed by atoms with E-state index < -0.39 is 0 Å². The van der Waals surface area contributed by atoms with Gasteiger partial charge in [0.15, 0.2) is 0 Å². The Balaban J connectivity index is 2.29. The van der Waals surface area contributed by atoms with Gasteiger partial charge in [-0.1, -0.05) is 33.0 Å². The Morgan fingerprint density at radius 1 is 1.53 bits per heavy atom.